The molecule has 6 heteroatoms. The van der Waals surface area contributed by atoms with Crippen LogP contribution in [0.25, 0.3) is 0 Å². The molecule has 2 unspecified atom stereocenters. The number of rotatable bonds is 47. The zero-order valence-electron chi connectivity index (χ0n) is 42.6. The minimum absolute atomic E-state index is 0.0874. The number of ether oxygens (including phenoxy) is 2. The SMILES string of the molecule is CC/C=C\C/C=C\C/C=C\C/C=C\C/C=C\C/C=C\CC(CC(COC(=O)CCCCCCCCCCCCCCCC)OC(=O)CCCC/C=C\C/C=C\C/C=C\CCCCC)C(=O)O. The summed E-state index contributed by atoms with van der Waals surface area (Å²) in [7, 11) is 0. The van der Waals surface area contributed by atoms with E-state index in [0.717, 1.165) is 83.5 Å². The Balaban J connectivity index is 4.83. The van der Waals surface area contributed by atoms with Gasteiger partial charge in [-0.2, -0.15) is 0 Å². The van der Waals surface area contributed by atoms with E-state index in [2.05, 4.69) is 118 Å². The van der Waals surface area contributed by atoms with Gasteiger partial charge in [-0.05, 0) is 96.3 Å². The molecule has 0 aliphatic heterocycles. The van der Waals surface area contributed by atoms with Gasteiger partial charge in [-0.3, -0.25) is 14.4 Å². The third-order valence-corrected chi connectivity index (χ3v) is 11.4. The van der Waals surface area contributed by atoms with Crippen molar-refractivity contribution in [2.45, 2.75) is 239 Å². The van der Waals surface area contributed by atoms with E-state index >= 15 is 0 Å². The van der Waals surface area contributed by atoms with E-state index in [4.69, 9.17) is 9.47 Å². The van der Waals surface area contributed by atoms with Gasteiger partial charge in [0.2, 0.25) is 0 Å². The molecule has 0 fully saturated rings. The molecule has 0 aliphatic carbocycles. The summed E-state index contributed by atoms with van der Waals surface area (Å²) in [5, 5.41) is 10.1. The van der Waals surface area contributed by atoms with Crippen LogP contribution < -0.4 is 0 Å². The van der Waals surface area contributed by atoms with Crippen molar-refractivity contribution in [1.82, 2.24) is 0 Å². The van der Waals surface area contributed by atoms with E-state index in [9.17, 15) is 19.5 Å². The Bertz CT molecular complexity index is 1390. The third kappa shape index (κ3) is 48.0. The number of hydrogen-bond donors (Lipinski definition) is 1. The smallest absolute Gasteiger partial charge is 0.306 e. The summed E-state index contributed by atoms with van der Waals surface area (Å²) in [4.78, 5) is 38.0. The van der Waals surface area contributed by atoms with E-state index in [0.29, 0.717) is 25.7 Å². The number of carbonyl (C=O) groups is 3. The highest BCUT2D eigenvalue weighted by molar-refractivity contribution is 5.71. The van der Waals surface area contributed by atoms with Gasteiger partial charge in [0.05, 0.1) is 5.92 Å². The number of aliphatic carboxylic acids is 1. The lowest BCUT2D eigenvalue weighted by Crippen LogP contribution is -2.30. The highest BCUT2D eigenvalue weighted by atomic mass is 16.6. The van der Waals surface area contributed by atoms with Crippen LogP contribution in [0.1, 0.15) is 233 Å². The van der Waals surface area contributed by atoms with Crippen molar-refractivity contribution in [3.05, 3.63) is 109 Å². The molecule has 2 atom stereocenters. The molecule has 0 aromatic heterocycles. The molecule has 1 N–H and O–H groups in total. The normalized spacial score (nSPS) is 13.5. The summed E-state index contributed by atoms with van der Waals surface area (Å²) in [5.41, 5.74) is 0. The minimum Gasteiger partial charge on any atom is -0.481 e. The van der Waals surface area contributed by atoms with Crippen LogP contribution in [0.2, 0.25) is 0 Å². The summed E-state index contributed by atoms with van der Waals surface area (Å²) >= 11 is 0. The lowest BCUT2D eigenvalue weighted by Gasteiger charge is -2.21. The van der Waals surface area contributed by atoms with Crippen LogP contribution in [-0.2, 0) is 23.9 Å². The van der Waals surface area contributed by atoms with Crippen LogP contribution >= 0.6 is 0 Å². The highest BCUT2D eigenvalue weighted by Crippen LogP contribution is 2.19. The van der Waals surface area contributed by atoms with Crippen molar-refractivity contribution >= 4 is 17.9 Å². The Hall–Kier alpha value is -3.93. The van der Waals surface area contributed by atoms with E-state index in [-0.39, 0.29) is 31.4 Å². The Morgan fingerprint density at radius 1 is 0.409 bits per heavy atom. The fourth-order valence-corrected chi connectivity index (χ4v) is 7.34. The first-order valence-corrected chi connectivity index (χ1v) is 26.9. The zero-order valence-corrected chi connectivity index (χ0v) is 42.6. The average molecular weight is 915 g/mol. The van der Waals surface area contributed by atoms with E-state index in [1.165, 1.54) is 89.9 Å². The van der Waals surface area contributed by atoms with Crippen molar-refractivity contribution in [3.63, 3.8) is 0 Å². The molecule has 0 rings (SSSR count). The summed E-state index contributed by atoms with van der Waals surface area (Å²) in [5.74, 6) is -2.42. The van der Waals surface area contributed by atoms with Crippen LogP contribution in [0.4, 0.5) is 0 Å². The quantitative estimate of drug-likeness (QED) is 0.0372. The number of carboxylic acids is 1. The molecule has 0 amide bonds. The predicted octanol–water partition coefficient (Wildman–Crippen LogP) is 18.1. The van der Waals surface area contributed by atoms with E-state index in [1.807, 2.05) is 12.2 Å². The Labute approximate surface area is 406 Å². The summed E-state index contributed by atoms with van der Waals surface area (Å²) in [6.07, 6.45) is 71.0. The van der Waals surface area contributed by atoms with Crippen molar-refractivity contribution in [2.24, 2.45) is 5.92 Å². The van der Waals surface area contributed by atoms with Gasteiger partial charge in [0.15, 0.2) is 0 Å². The maximum Gasteiger partial charge on any atom is 0.306 e. The number of allylic oxidation sites excluding steroid dienone is 18. The lowest BCUT2D eigenvalue weighted by atomic mass is 9.97. The van der Waals surface area contributed by atoms with Crippen molar-refractivity contribution < 1.29 is 29.0 Å². The molecule has 0 heterocycles. The molecule has 0 spiro atoms. The highest BCUT2D eigenvalue weighted by Gasteiger charge is 2.25. The van der Waals surface area contributed by atoms with E-state index in [1.54, 1.807) is 0 Å². The fraction of sp³-hybridized carbons (Fsp3) is 0.650. The van der Waals surface area contributed by atoms with Gasteiger partial charge in [0, 0.05) is 19.3 Å². The summed E-state index contributed by atoms with van der Waals surface area (Å²) in [6.45, 7) is 6.51. The zero-order chi connectivity index (χ0) is 48.1. The molecule has 0 aromatic rings. The van der Waals surface area contributed by atoms with Crippen molar-refractivity contribution in [3.8, 4) is 0 Å². The van der Waals surface area contributed by atoms with Crippen molar-refractivity contribution in [1.29, 1.82) is 0 Å². The Morgan fingerprint density at radius 2 is 0.758 bits per heavy atom. The Kier molecular flexibility index (Phi) is 48.9. The molecule has 0 aromatic carbocycles. The van der Waals surface area contributed by atoms with Crippen LogP contribution in [0.15, 0.2) is 109 Å². The second kappa shape index (κ2) is 52.0. The summed E-state index contributed by atoms with van der Waals surface area (Å²) in [6, 6.07) is 0. The minimum atomic E-state index is -0.954. The number of carboxylic acid groups (broad SMARTS) is 1. The average Bonchev–Trinajstić information content (AvgIpc) is 3.31. The molecule has 0 saturated carbocycles. The molecular formula is C60H98O6. The topological polar surface area (TPSA) is 89.9 Å². The molecule has 66 heavy (non-hydrogen) atoms. The Morgan fingerprint density at radius 3 is 1.20 bits per heavy atom. The second-order valence-electron chi connectivity index (χ2n) is 17.7. The standard InChI is InChI=1S/C60H98O6/c1-4-7-10-13-16-19-22-25-28-29-30-32-33-36-39-42-45-48-51-56(60(63)64)54-57(55-65-58(61)52-49-46-43-40-37-34-27-24-21-18-15-12-9-6-3)66-59(62)53-50-47-44-41-38-35-31-26-23-20-17-14-11-8-5-2/h7,10,16-17,19-20,25-26,28,30-32,36,38-39,41,45,48,56-57H,4-6,8-9,11-15,18,21-24,27,29,33-35,37,40,42-44,46-47,49-55H2,1-3H3,(H,63,64)/b10-7-,19-16-,20-17-,28-25-,31-26-,32-30-,39-36-,41-38-,48-45-. The molecule has 0 radical (unpaired) electrons. The van der Waals surface area contributed by atoms with E-state index < -0.39 is 18.0 Å². The van der Waals surface area contributed by atoms with Gasteiger partial charge < -0.3 is 14.6 Å². The first kappa shape index (κ1) is 62.1. The lowest BCUT2D eigenvalue weighted by molar-refractivity contribution is -0.162. The molecule has 374 valence electrons. The first-order valence-electron chi connectivity index (χ1n) is 26.9. The van der Waals surface area contributed by atoms with Gasteiger partial charge >= 0.3 is 17.9 Å². The maximum absolute atomic E-state index is 13.0. The van der Waals surface area contributed by atoms with Crippen LogP contribution in [0, 0.1) is 5.92 Å². The first-order chi connectivity index (χ1) is 32.4. The largest absolute Gasteiger partial charge is 0.481 e. The molecule has 0 aliphatic rings. The van der Waals surface area contributed by atoms with Gasteiger partial charge in [-0.25, -0.2) is 0 Å². The second-order valence-corrected chi connectivity index (χ2v) is 17.7. The monoisotopic (exact) mass is 915 g/mol. The molecular weight excluding hydrogens is 817 g/mol. The summed E-state index contributed by atoms with van der Waals surface area (Å²) < 4.78 is 11.4. The van der Waals surface area contributed by atoms with Crippen LogP contribution in [-0.4, -0.2) is 35.7 Å². The molecule has 0 saturated heterocycles. The number of carbonyl (C=O) groups excluding carboxylic acids is 2. The van der Waals surface area contributed by atoms with Crippen LogP contribution in [0.3, 0.4) is 0 Å². The molecule has 6 nitrogen and oxygen atoms in total. The number of esters is 2. The molecule has 0 bridgehead atoms. The van der Waals surface area contributed by atoms with Crippen molar-refractivity contribution in [2.75, 3.05) is 6.61 Å². The fourth-order valence-electron chi connectivity index (χ4n) is 7.34. The third-order valence-electron chi connectivity index (χ3n) is 11.4. The van der Waals surface area contributed by atoms with Gasteiger partial charge in [-0.1, -0.05) is 226 Å². The van der Waals surface area contributed by atoms with Gasteiger partial charge in [-0.15, -0.1) is 0 Å². The van der Waals surface area contributed by atoms with Gasteiger partial charge in [0.25, 0.3) is 0 Å². The number of unbranched alkanes of at least 4 members (excludes halogenated alkanes) is 18. The number of hydrogen-bond acceptors (Lipinski definition) is 5. The predicted molar refractivity (Wildman–Crippen MR) is 284 cm³/mol. The maximum atomic E-state index is 13.0. The van der Waals surface area contributed by atoms with Gasteiger partial charge in [0.1, 0.15) is 12.7 Å². The van der Waals surface area contributed by atoms with Crippen LogP contribution in [0.5, 0.6) is 0 Å².